The average molecular weight is 212 g/mol. The topological polar surface area (TPSA) is 20.9 Å². The molecule has 80 valence electrons. The maximum atomic E-state index is 11.9. The summed E-state index contributed by atoms with van der Waals surface area (Å²) in [7, 11) is 1.95. The number of aromatic nitrogens is 1. The number of rotatable bonds is 3. The summed E-state index contributed by atoms with van der Waals surface area (Å²) >= 11 is 0. The van der Waals surface area contributed by atoms with Gasteiger partial charge in [-0.25, -0.2) is 4.57 Å². The molecule has 16 heavy (non-hydrogen) atoms. The Bertz CT molecular complexity index is 491. The molecule has 0 aliphatic heterocycles. The van der Waals surface area contributed by atoms with Crippen LogP contribution in [0.15, 0.2) is 54.9 Å². The van der Waals surface area contributed by atoms with Crippen molar-refractivity contribution in [1.82, 2.24) is 0 Å². The van der Waals surface area contributed by atoms with Gasteiger partial charge in [0.1, 0.15) is 7.05 Å². The van der Waals surface area contributed by atoms with E-state index in [9.17, 15) is 4.79 Å². The number of aryl methyl sites for hydroxylation is 1. The molecular weight excluding hydrogens is 198 g/mol. The maximum absolute atomic E-state index is 11.9. The van der Waals surface area contributed by atoms with Gasteiger partial charge in [-0.1, -0.05) is 30.3 Å². The standard InChI is InChI=1S/C14H14NO/c1-15-9-5-6-12(11-15)10-14(16)13-7-3-2-4-8-13/h2-9,11H,10H2,1H3/q+1. The summed E-state index contributed by atoms with van der Waals surface area (Å²) < 4.78 is 1.95. The van der Waals surface area contributed by atoms with Crippen molar-refractivity contribution >= 4 is 5.78 Å². The molecule has 0 amide bonds. The zero-order valence-electron chi connectivity index (χ0n) is 9.26. The van der Waals surface area contributed by atoms with Crippen molar-refractivity contribution < 1.29 is 9.36 Å². The number of carbonyl (C=O) groups excluding carboxylic acids is 1. The molecule has 0 aliphatic rings. The van der Waals surface area contributed by atoms with Gasteiger partial charge >= 0.3 is 0 Å². The van der Waals surface area contributed by atoms with E-state index in [-0.39, 0.29) is 5.78 Å². The van der Waals surface area contributed by atoms with E-state index in [2.05, 4.69) is 0 Å². The number of carbonyl (C=O) groups is 1. The first-order valence-corrected chi connectivity index (χ1v) is 5.28. The molecule has 0 aliphatic carbocycles. The lowest BCUT2D eigenvalue weighted by Crippen LogP contribution is -2.27. The Labute approximate surface area is 95.2 Å². The fourth-order valence-corrected chi connectivity index (χ4v) is 1.67. The average Bonchev–Trinajstić information content (AvgIpc) is 2.30. The van der Waals surface area contributed by atoms with Crippen LogP contribution in [0.3, 0.4) is 0 Å². The number of hydrogen-bond acceptors (Lipinski definition) is 1. The van der Waals surface area contributed by atoms with Crippen LogP contribution in [0, 0.1) is 0 Å². The second kappa shape index (κ2) is 4.71. The molecule has 1 aromatic heterocycles. The Kier molecular flexibility index (Phi) is 3.10. The highest BCUT2D eigenvalue weighted by Crippen LogP contribution is 2.05. The van der Waals surface area contributed by atoms with E-state index < -0.39 is 0 Å². The lowest BCUT2D eigenvalue weighted by molar-refractivity contribution is -0.671. The first-order chi connectivity index (χ1) is 7.75. The van der Waals surface area contributed by atoms with Crippen LogP contribution in [-0.4, -0.2) is 5.78 Å². The summed E-state index contributed by atoms with van der Waals surface area (Å²) in [5, 5.41) is 0. The number of ketones is 1. The predicted molar refractivity (Wildman–Crippen MR) is 62.1 cm³/mol. The molecule has 1 heterocycles. The van der Waals surface area contributed by atoms with Gasteiger partial charge in [-0.3, -0.25) is 4.79 Å². The molecular formula is C14H14NO+. The van der Waals surface area contributed by atoms with Crippen molar-refractivity contribution in [2.75, 3.05) is 0 Å². The Morgan fingerprint density at radius 3 is 2.56 bits per heavy atom. The van der Waals surface area contributed by atoms with Crippen LogP contribution in [-0.2, 0) is 13.5 Å². The van der Waals surface area contributed by atoms with E-state index in [1.807, 2.05) is 66.5 Å². The van der Waals surface area contributed by atoms with Gasteiger partial charge in [0, 0.05) is 23.6 Å². The van der Waals surface area contributed by atoms with E-state index in [0.29, 0.717) is 6.42 Å². The van der Waals surface area contributed by atoms with E-state index >= 15 is 0 Å². The Hall–Kier alpha value is -1.96. The van der Waals surface area contributed by atoms with Gasteiger partial charge in [0.15, 0.2) is 18.2 Å². The molecule has 0 atom stereocenters. The first kappa shape index (κ1) is 10.6. The van der Waals surface area contributed by atoms with Crippen molar-refractivity contribution in [2.45, 2.75) is 6.42 Å². The van der Waals surface area contributed by atoms with Gasteiger partial charge in [-0.2, -0.15) is 0 Å². The first-order valence-electron chi connectivity index (χ1n) is 5.28. The van der Waals surface area contributed by atoms with Crippen LogP contribution in [0.25, 0.3) is 0 Å². The van der Waals surface area contributed by atoms with Gasteiger partial charge in [0.2, 0.25) is 0 Å². The number of hydrogen-bond donors (Lipinski definition) is 0. The molecule has 0 unspecified atom stereocenters. The van der Waals surface area contributed by atoms with E-state index in [4.69, 9.17) is 0 Å². The number of nitrogens with zero attached hydrogens (tertiary/aromatic N) is 1. The normalized spacial score (nSPS) is 10.1. The highest BCUT2D eigenvalue weighted by Gasteiger charge is 2.08. The summed E-state index contributed by atoms with van der Waals surface area (Å²) in [6.45, 7) is 0. The minimum atomic E-state index is 0.159. The quantitative estimate of drug-likeness (QED) is 0.562. The van der Waals surface area contributed by atoms with Gasteiger partial charge in [-0.05, 0) is 6.07 Å². The third-order valence-corrected chi connectivity index (χ3v) is 2.46. The minimum Gasteiger partial charge on any atom is -0.294 e. The monoisotopic (exact) mass is 212 g/mol. The molecule has 0 saturated heterocycles. The van der Waals surface area contributed by atoms with Crippen molar-refractivity contribution in [2.24, 2.45) is 7.05 Å². The van der Waals surface area contributed by atoms with E-state index in [1.165, 1.54) is 0 Å². The Morgan fingerprint density at radius 2 is 1.88 bits per heavy atom. The fourth-order valence-electron chi connectivity index (χ4n) is 1.67. The van der Waals surface area contributed by atoms with Crippen molar-refractivity contribution in [3.63, 3.8) is 0 Å². The zero-order valence-corrected chi connectivity index (χ0v) is 9.26. The van der Waals surface area contributed by atoms with Gasteiger partial charge in [-0.15, -0.1) is 0 Å². The highest BCUT2D eigenvalue weighted by molar-refractivity contribution is 5.97. The molecule has 0 radical (unpaired) electrons. The van der Waals surface area contributed by atoms with Crippen molar-refractivity contribution in [3.05, 3.63) is 66.0 Å². The second-order valence-corrected chi connectivity index (χ2v) is 3.84. The predicted octanol–water partition coefficient (Wildman–Crippen LogP) is 1.94. The van der Waals surface area contributed by atoms with Gasteiger partial charge in [0.25, 0.3) is 0 Å². The SMILES string of the molecule is C[n+]1cccc(CC(=O)c2ccccc2)c1. The Morgan fingerprint density at radius 1 is 1.12 bits per heavy atom. The number of benzene rings is 1. The molecule has 0 fully saturated rings. The zero-order chi connectivity index (χ0) is 11.4. The summed E-state index contributed by atoms with van der Waals surface area (Å²) in [6, 6.07) is 13.3. The molecule has 2 nitrogen and oxygen atoms in total. The third-order valence-electron chi connectivity index (χ3n) is 2.46. The Balaban J connectivity index is 2.14. The van der Waals surface area contributed by atoms with Crippen LogP contribution in [0.2, 0.25) is 0 Å². The lowest BCUT2D eigenvalue weighted by Gasteiger charge is -1.99. The van der Waals surface area contributed by atoms with Crippen LogP contribution >= 0.6 is 0 Å². The molecule has 0 bridgehead atoms. The molecule has 0 N–H and O–H groups in total. The van der Waals surface area contributed by atoms with Crippen molar-refractivity contribution in [1.29, 1.82) is 0 Å². The van der Waals surface area contributed by atoms with Gasteiger partial charge < -0.3 is 0 Å². The molecule has 0 spiro atoms. The summed E-state index contributed by atoms with van der Waals surface area (Å²) in [5.74, 6) is 0.159. The molecule has 2 aromatic rings. The summed E-state index contributed by atoms with van der Waals surface area (Å²) in [6.07, 6.45) is 4.38. The second-order valence-electron chi connectivity index (χ2n) is 3.84. The van der Waals surface area contributed by atoms with Crippen LogP contribution in [0.1, 0.15) is 15.9 Å². The molecule has 2 heteroatoms. The lowest BCUT2D eigenvalue weighted by atomic mass is 10.0. The molecule has 1 aromatic carbocycles. The van der Waals surface area contributed by atoms with Crippen molar-refractivity contribution in [3.8, 4) is 0 Å². The summed E-state index contributed by atoms with van der Waals surface area (Å²) in [5.41, 5.74) is 1.81. The number of pyridine rings is 1. The maximum Gasteiger partial charge on any atom is 0.172 e. The molecule has 0 saturated carbocycles. The van der Waals surface area contributed by atoms with Crippen LogP contribution in [0.5, 0.6) is 0 Å². The molecule has 2 rings (SSSR count). The minimum absolute atomic E-state index is 0.159. The summed E-state index contributed by atoms with van der Waals surface area (Å²) in [4.78, 5) is 11.9. The van der Waals surface area contributed by atoms with Gasteiger partial charge in [0.05, 0.1) is 0 Å². The largest absolute Gasteiger partial charge is 0.294 e. The number of Topliss-reactive ketones (excluding diaryl/α,β-unsaturated/α-hetero) is 1. The van der Waals surface area contributed by atoms with Crippen LogP contribution in [0.4, 0.5) is 0 Å². The third kappa shape index (κ3) is 2.54. The van der Waals surface area contributed by atoms with E-state index in [1.54, 1.807) is 0 Å². The van der Waals surface area contributed by atoms with E-state index in [0.717, 1.165) is 11.1 Å². The van der Waals surface area contributed by atoms with Crippen LogP contribution < -0.4 is 4.57 Å². The highest BCUT2D eigenvalue weighted by atomic mass is 16.1. The fraction of sp³-hybridized carbons (Fsp3) is 0.143. The smallest absolute Gasteiger partial charge is 0.172 e.